The van der Waals surface area contributed by atoms with Crippen molar-refractivity contribution in [3.63, 3.8) is 0 Å². The number of hydrogen-bond acceptors (Lipinski definition) is 4. The van der Waals surface area contributed by atoms with Crippen LogP contribution < -0.4 is 5.43 Å². The fraction of sp³-hybridized carbons (Fsp3) is 0.538. The molecule has 0 aromatic heterocycles. The topological polar surface area (TPSA) is 36.8 Å². The van der Waals surface area contributed by atoms with Crippen LogP contribution in [0, 0.1) is 12.8 Å². The highest BCUT2D eigenvalue weighted by Crippen LogP contribution is 2.47. The lowest BCUT2D eigenvalue weighted by Crippen LogP contribution is -2.17. The monoisotopic (exact) mass is 281 g/mol. The molecule has 3 nitrogen and oxygen atoms in total. The predicted octanol–water partition coefficient (Wildman–Crippen LogP) is 4.13. The fourth-order valence-corrected chi connectivity index (χ4v) is 2.45. The summed E-state index contributed by atoms with van der Waals surface area (Å²) >= 11 is 9.14. The number of hydrogen-bond donors (Lipinski definition) is 3. The molecule has 18 heavy (non-hydrogen) atoms. The van der Waals surface area contributed by atoms with Crippen LogP contribution in [0.3, 0.4) is 0 Å². The molecule has 0 bridgehead atoms. The SMILES string of the molecule is Cc1ccc(NN=NCCC(S)(S)C2CC2)cc1. The number of rotatable bonds is 6. The Morgan fingerprint density at radius 2 is 1.94 bits per heavy atom. The molecule has 2 rings (SSSR count). The Morgan fingerprint density at radius 3 is 2.56 bits per heavy atom. The van der Waals surface area contributed by atoms with Crippen molar-refractivity contribution in [2.75, 3.05) is 12.0 Å². The first-order valence-electron chi connectivity index (χ1n) is 6.22. The van der Waals surface area contributed by atoms with Crippen LogP contribution in [0.4, 0.5) is 5.69 Å². The Morgan fingerprint density at radius 1 is 1.28 bits per heavy atom. The normalized spacial score (nSPS) is 16.2. The van der Waals surface area contributed by atoms with Gasteiger partial charge in [0.25, 0.3) is 0 Å². The van der Waals surface area contributed by atoms with Crippen LogP contribution >= 0.6 is 25.3 Å². The number of anilines is 1. The van der Waals surface area contributed by atoms with Gasteiger partial charge in [0, 0.05) is 0 Å². The second-order valence-corrected chi connectivity index (χ2v) is 6.79. The third kappa shape index (κ3) is 4.21. The zero-order valence-corrected chi connectivity index (χ0v) is 12.3. The van der Waals surface area contributed by atoms with Crippen LogP contribution in [0.5, 0.6) is 0 Å². The van der Waals surface area contributed by atoms with E-state index in [9.17, 15) is 0 Å². The zero-order valence-electron chi connectivity index (χ0n) is 10.5. The standard InChI is InChI=1S/C13H19N3S2/c1-10-2-6-12(7-3-10)15-16-14-9-8-13(17,18)11-4-5-11/h2-3,6-7,11,17-18H,4-5,8-9H2,1H3,(H,14,15). The lowest BCUT2D eigenvalue weighted by Gasteiger charge is -2.20. The summed E-state index contributed by atoms with van der Waals surface area (Å²) in [7, 11) is 0. The molecule has 0 atom stereocenters. The summed E-state index contributed by atoms with van der Waals surface area (Å²) < 4.78 is -0.178. The molecule has 1 aliphatic rings. The van der Waals surface area contributed by atoms with Gasteiger partial charge in [-0.15, -0.1) is 0 Å². The van der Waals surface area contributed by atoms with Crippen LogP contribution in [0.1, 0.15) is 24.8 Å². The van der Waals surface area contributed by atoms with Crippen LogP contribution in [0.15, 0.2) is 34.6 Å². The average Bonchev–Trinajstić information content (AvgIpc) is 3.15. The Hall–Kier alpha value is -0.680. The summed E-state index contributed by atoms with van der Waals surface area (Å²) in [6.07, 6.45) is 3.33. The first kappa shape index (κ1) is 13.7. The molecule has 1 aliphatic carbocycles. The molecule has 1 saturated carbocycles. The molecule has 1 aromatic carbocycles. The fourth-order valence-electron chi connectivity index (χ4n) is 1.74. The third-order valence-electron chi connectivity index (χ3n) is 3.11. The molecular formula is C13H19N3S2. The molecule has 98 valence electrons. The number of thiol groups is 2. The van der Waals surface area contributed by atoms with E-state index in [0.717, 1.165) is 12.1 Å². The maximum atomic E-state index is 4.57. The van der Waals surface area contributed by atoms with E-state index in [4.69, 9.17) is 0 Å². The van der Waals surface area contributed by atoms with E-state index in [1.54, 1.807) is 0 Å². The van der Waals surface area contributed by atoms with Crippen molar-refractivity contribution in [2.45, 2.75) is 30.3 Å². The minimum Gasteiger partial charge on any atom is -0.260 e. The maximum Gasteiger partial charge on any atom is 0.0641 e. The van der Waals surface area contributed by atoms with Crippen LogP contribution in [-0.2, 0) is 0 Å². The van der Waals surface area contributed by atoms with E-state index in [2.05, 4.69) is 47.9 Å². The lowest BCUT2D eigenvalue weighted by atomic mass is 10.2. The number of nitrogens with one attached hydrogen (secondary N) is 1. The van der Waals surface area contributed by atoms with Gasteiger partial charge in [-0.25, -0.2) is 0 Å². The summed E-state index contributed by atoms with van der Waals surface area (Å²) in [5.41, 5.74) is 5.10. The molecule has 0 saturated heterocycles. The summed E-state index contributed by atoms with van der Waals surface area (Å²) in [5, 5.41) is 8.06. The summed E-state index contributed by atoms with van der Waals surface area (Å²) in [4.78, 5) is 0. The van der Waals surface area contributed by atoms with Gasteiger partial charge in [-0.2, -0.15) is 30.4 Å². The summed E-state index contributed by atoms with van der Waals surface area (Å²) in [5.74, 6) is 0.643. The molecule has 0 radical (unpaired) electrons. The van der Waals surface area contributed by atoms with E-state index in [1.165, 1.54) is 18.4 Å². The lowest BCUT2D eigenvalue weighted by molar-refractivity contribution is 0.646. The van der Waals surface area contributed by atoms with E-state index in [1.807, 2.05) is 24.3 Å². The van der Waals surface area contributed by atoms with Crippen LogP contribution in [0.2, 0.25) is 0 Å². The Bertz CT molecular complexity index is 411. The van der Waals surface area contributed by atoms with Crippen molar-refractivity contribution >= 4 is 30.9 Å². The minimum absolute atomic E-state index is 0.178. The van der Waals surface area contributed by atoms with Crippen molar-refractivity contribution in [3.05, 3.63) is 29.8 Å². The van der Waals surface area contributed by atoms with Gasteiger partial charge < -0.3 is 0 Å². The highest BCUT2D eigenvalue weighted by atomic mass is 32.2. The average molecular weight is 281 g/mol. The highest BCUT2D eigenvalue weighted by molar-refractivity contribution is 8.00. The van der Waals surface area contributed by atoms with Gasteiger partial charge in [-0.1, -0.05) is 22.9 Å². The van der Waals surface area contributed by atoms with Gasteiger partial charge >= 0.3 is 0 Å². The summed E-state index contributed by atoms with van der Waals surface area (Å²) in [6, 6.07) is 8.05. The highest BCUT2D eigenvalue weighted by Gasteiger charge is 2.39. The molecule has 5 heteroatoms. The quantitative estimate of drug-likeness (QED) is 0.312. The molecule has 1 aromatic rings. The van der Waals surface area contributed by atoms with Crippen LogP contribution in [-0.4, -0.2) is 10.6 Å². The van der Waals surface area contributed by atoms with Crippen molar-refractivity contribution in [2.24, 2.45) is 16.3 Å². The van der Waals surface area contributed by atoms with Crippen molar-refractivity contribution in [3.8, 4) is 0 Å². The van der Waals surface area contributed by atoms with Gasteiger partial charge in [0.05, 0.1) is 16.3 Å². The van der Waals surface area contributed by atoms with E-state index < -0.39 is 0 Å². The van der Waals surface area contributed by atoms with Crippen molar-refractivity contribution < 1.29 is 0 Å². The molecular weight excluding hydrogens is 262 g/mol. The third-order valence-corrected chi connectivity index (χ3v) is 4.29. The van der Waals surface area contributed by atoms with Gasteiger partial charge in [0.15, 0.2) is 0 Å². The van der Waals surface area contributed by atoms with Crippen LogP contribution in [0.25, 0.3) is 0 Å². The smallest absolute Gasteiger partial charge is 0.0641 e. The molecule has 1 N–H and O–H groups in total. The molecule has 0 heterocycles. The Kier molecular flexibility index (Phi) is 4.56. The zero-order chi connectivity index (χ0) is 13.0. The predicted molar refractivity (Wildman–Crippen MR) is 82.6 cm³/mol. The minimum atomic E-state index is -0.178. The second-order valence-electron chi connectivity index (χ2n) is 4.85. The van der Waals surface area contributed by atoms with Gasteiger partial charge in [-0.3, -0.25) is 5.43 Å². The number of nitrogens with zero attached hydrogens (tertiary/aromatic N) is 2. The van der Waals surface area contributed by atoms with E-state index >= 15 is 0 Å². The molecule has 0 aliphatic heterocycles. The van der Waals surface area contributed by atoms with Gasteiger partial charge in [-0.05, 0) is 44.2 Å². The molecule has 0 unspecified atom stereocenters. The Balaban J connectivity index is 1.70. The van der Waals surface area contributed by atoms with Crippen molar-refractivity contribution in [1.29, 1.82) is 0 Å². The molecule has 0 spiro atoms. The number of benzene rings is 1. The van der Waals surface area contributed by atoms with Gasteiger partial charge in [0.2, 0.25) is 0 Å². The van der Waals surface area contributed by atoms with Crippen molar-refractivity contribution in [1.82, 2.24) is 0 Å². The second kappa shape index (κ2) is 5.97. The number of aryl methyl sites for hydroxylation is 1. The first-order valence-corrected chi connectivity index (χ1v) is 7.11. The van der Waals surface area contributed by atoms with E-state index in [-0.39, 0.29) is 4.08 Å². The first-order chi connectivity index (χ1) is 8.58. The maximum absolute atomic E-state index is 4.57. The molecule has 0 amide bonds. The Labute approximate surface area is 119 Å². The van der Waals surface area contributed by atoms with E-state index in [0.29, 0.717) is 12.5 Å². The summed E-state index contributed by atoms with van der Waals surface area (Å²) in [6.45, 7) is 2.71. The molecule has 1 fully saturated rings. The largest absolute Gasteiger partial charge is 0.260 e. The van der Waals surface area contributed by atoms with Gasteiger partial charge in [0.1, 0.15) is 0 Å².